The Kier molecular flexibility index (Phi) is 6.60. The van der Waals surface area contributed by atoms with E-state index in [9.17, 15) is 5.26 Å². The maximum atomic E-state index is 9.39. The molecule has 1 aliphatic carbocycles. The van der Waals surface area contributed by atoms with Crippen molar-refractivity contribution in [2.75, 3.05) is 0 Å². The van der Waals surface area contributed by atoms with Crippen LogP contribution in [0.1, 0.15) is 43.4 Å². The van der Waals surface area contributed by atoms with Crippen LogP contribution in [0.3, 0.4) is 0 Å². The molecule has 0 aliphatic heterocycles. The van der Waals surface area contributed by atoms with Crippen LogP contribution < -0.4 is 5.32 Å². The summed E-state index contributed by atoms with van der Waals surface area (Å²) in [5.74, 6) is 0.507. The maximum Gasteiger partial charge on any atom is 0.182 e. The lowest BCUT2D eigenvalue weighted by Gasteiger charge is -2.18. The molecule has 0 atom stereocenters. The van der Waals surface area contributed by atoms with Gasteiger partial charge in [0.05, 0.1) is 22.4 Å². The molecule has 158 valence electrons. The van der Waals surface area contributed by atoms with E-state index in [0.29, 0.717) is 21.6 Å². The molecule has 0 unspecified atom stereocenters. The zero-order chi connectivity index (χ0) is 21.8. The highest BCUT2D eigenvalue weighted by molar-refractivity contribution is 6.32. The van der Waals surface area contributed by atoms with Gasteiger partial charge in [-0.1, -0.05) is 66.7 Å². The number of amidine groups is 1. The molecule has 1 saturated carbocycles. The molecule has 4 rings (SSSR count). The predicted octanol–water partition coefficient (Wildman–Crippen LogP) is 6.30. The number of hydrogen-bond donors (Lipinski definition) is 1. The number of aromatic nitrogens is 2. The van der Waals surface area contributed by atoms with Gasteiger partial charge >= 0.3 is 0 Å². The number of nitriles is 1. The number of aliphatic imine (C=N–C) groups is 1. The van der Waals surface area contributed by atoms with Crippen LogP contribution in [-0.4, -0.2) is 21.7 Å². The second-order valence-electron chi connectivity index (χ2n) is 7.70. The summed E-state index contributed by atoms with van der Waals surface area (Å²) in [6, 6.07) is 15.4. The van der Waals surface area contributed by atoms with E-state index in [-0.39, 0.29) is 6.04 Å². The Morgan fingerprint density at radius 2 is 1.81 bits per heavy atom. The van der Waals surface area contributed by atoms with E-state index >= 15 is 0 Å². The Bertz CT molecular complexity index is 1140. The lowest BCUT2D eigenvalue weighted by atomic mass is 9.96. The average molecular weight is 452 g/mol. The molecule has 0 radical (unpaired) electrons. The third-order valence-electron chi connectivity index (χ3n) is 5.61. The molecule has 2 aromatic carbocycles. The van der Waals surface area contributed by atoms with Crippen LogP contribution in [-0.2, 0) is 0 Å². The van der Waals surface area contributed by atoms with Crippen LogP contribution >= 0.6 is 23.2 Å². The molecule has 0 amide bonds. The van der Waals surface area contributed by atoms with Crippen molar-refractivity contribution in [3.8, 4) is 23.1 Å². The third-order valence-corrected chi connectivity index (χ3v) is 6.18. The summed E-state index contributed by atoms with van der Waals surface area (Å²) in [5.41, 5.74) is 4.17. The van der Waals surface area contributed by atoms with Crippen molar-refractivity contribution in [2.45, 2.75) is 45.1 Å². The smallest absolute Gasteiger partial charge is 0.182 e. The van der Waals surface area contributed by atoms with E-state index in [2.05, 4.69) is 5.32 Å². The summed E-state index contributed by atoms with van der Waals surface area (Å²) in [6.45, 7) is 2.00. The maximum absolute atomic E-state index is 9.39. The summed E-state index contributed by atoms with van der Waals surface area (Å²) >= 11 is 12.6. The predicted molar refractivity (Wildman–Crippen MR) is 126 cm³/mol. The number of benzene rings is 2. The minimum atomic E-state index is 0.202. The number of para-hydroxylation sites is 1. The molecule has 1 N–H and O–H groups in total. The summed E-state index contributed by atoms with van der Waals surface area (Å²) in [5, 5.41) is 18.3. The van der Waals surface area contributed by atoms with Crippen molar-refractivity contribution in [1.82, 2.24) is 15.1 Å². The molecule has 0 spiro atoms. The molecule has 0 saturated heterocycles. The van der Waals surface area contributed by atoms with E-state index < -0.39 is 0 Å². The largest absolute Gasteiger partial charge is 0.275 e. The van der Waals surface area contributed by atoms with Crippen molar-refractivity contribution in [3.63, 3.8) is 0 Å². The van der Waals surface area contributed by atoms with Crippen LogP contribution in [0.25, 0.3) is 16.9 Å². The highest BCUT2D eigenvalue weighted by atomic mass is 35.5. The monoisotopic (exact) mass is 451 g/mol. The normalized spacial score (nSPS) is 15.0. The summed E-state index contributed by atoms with van der Waals surface area (Å²) in [4.78, 5) is 4.89. The molecular weight excluding hydrogens is 429 g/mol. The number of rotatable bonds is 4. The van der Waals surface area contributed by atoms with E-state index in [1.165, 1.54) is 6.42 Å². The molecule has 1 heterocycles. The van der Waals surface area contributed by atoms with Gasteiger partial charge in [-0.05, 0) is 44.0 Å². The first-order valence-corrected chi connectivity index (χ1v) is 11.2. The van der Waals surface area contributed by atoms with Gasteiger partial charge in [-0.25, -0.2) is 4.68 Å². The number of hydrogen-bond acceptors (Lipinski definition) is 3. The second kappa shape index (κ2) is 9.55. The molecule has 5 nitrogen and oxygen atoms in total. The SMILES string of the molecule is Cc1c(C(=NC2CCCCC2)NC#N)nn(-c2ccccc2Cl)c1-c1ccc(Cl)cc1. The van der Waals surface area contributed by atoms with E-state index in [1.54, 1.807) is 0 Å². The molecule has 1 fully saturated rings. The first kappa shape index (κ1) is 21.4. The molecule has 0 bridgehead atoms. The van der Waals surface area contributed by atoms with Crippen molar-refractivity contribution in [1.29, 1.82) is 5.26 Å². The zero-order valence-electron chi connectivity index (χ0n) is 17.3. The number of halogens is 2. The quantitative estimate of drug-likeness (QED) is 0.219. The Morgan fingerprint density at radius 3 is 2.48 bits per heavy atom. The van der Waals surface area contributed by atoms with E-state index in [1.807, 2.05) is 66.3 Å². The first-order chi connectivity index (χ1) is 15.1. The van der Waals surface area contributed by atoms with Gasteiger partial charge in [0.2, 0.25) is 0 Å². The van der Waals surface area contributed by atoms with Gasteiger partial charge in [-0.15, -0.1) is 0 Å². The van der Waals surface area contributed by atoms with Gasteiger partial charge < -0.3 is 0 Å². The minimum absolute atomic E-state index is 0.202. The van der Waals surface area contributed by atoms with Gasteiger partial charge in [0.15, 0.2) is 12.0 Å². The van der Waals surface area contributed by atoms with Gasteiger partial charge in [0.1, 0.15) is 5.69 Å². The Labute approximate surface area is 192 Å². The fourth-order valence-electron chi connectivity index (χ4n) is 4.06. The van der Waals surface area contributed by atoms with Crippen LogP contribution in [0.4, 0.5) is 0 Å². The highest BCUT2D eigenvalue weighted by Crippen LogP contribution is 2.32. The van der Waals surface area contributed by atoms with Crippen molar-refractivity contribution in [2.24, 2.45) is 4.99 Å². The third kappa shape index (κ3) is 4.61. The Hall–Kier alpha value is -2.81. The van der Waals surface area contributed by atoms with Crippen LogP contribution in [0.5, 0.6) is 0 Å². The summed E-state index contributed by atoms with van der Waals surface area (Å²) in [6.07, 6.45) is 7.67. The second-order valence-corrected chi connectivity index (χ2v) is 8.54. The van der Waals surface area contributed by atoms with E-state index in [4.69, 9.17) is 33.3 Å². The molecule has 31 heavy (non-hydrogen) atoms. The van der Waals surface area contributed by atoms with Crippen molar-refractivity contribution < 1.29 is 0 Å². The van der Waals surface area contributed by atoms with Crippen LogP contribution in [0.15, 0.2) is 53.5 Å². The molecule has 1 aromatic heterocycles. The molecule has 1 aliphatic rings. The van der Waals surface area contributed by atoms with Crippen LogP contribution in [0, 0.1) is 18.4 Å². The lowest BCUT2D eigenvalue weighted by Crippen LogP contribution is -2.24. The van der Waals surface area contributed by atoms with Gasteiger partial charge in [-0.2, -0.15) is 10.4 Å². The number of nitrogens with zero attached hydrogens (tertiary/aromatic N) is 4. The van der Waals surface area contributed by atoms with Crippen molar-refractivity contribution >= 4 is 29.0 Å². The van der Waals surface area contributed by atoms with Crippen LogP contribution in [0.2, 0.25) is 10.0 Å². The average Bonchev–Trinajstić information content (AvgIpc) is 3.12. The van der Waals surface area contributed by atoms with Gasteiger partial charge in [0, 0.05) is 16.1 Å². The topological polar surface area (TPSA) is 66.0 Å². The Morgan fingerprint density at radius 1 is 1.10 bits per heavy atom. The van der Waals surface area contributed by atoms with Gasteiger partial charge in [0.25, 0.3) is 0 Å². The fourth-order valence-corrected chi connectivity index (χ4v) is 4.41. The molecule has 3 aromatic rings. The minimum Gasteiger partial charge on any atom is -0.275 e. The fraction of sp³-hybridized carbons (Fsp3) is 0.292. The van der Waals surface area contributed by atoms with Crippen molar-refractivity contribution in [3.05, 3.63) is 69.8 Å². The van der Waals surface area contributed by atoms with Gasteiger partial charge in [-0.3, -0.25) is 10.3 Å². The summed E-state index contributed by atoms with van der Waals surface area (Å²) in [7, 11) is 0. The highest BCUT2D eigenvalue weighted by Gasteiger charge is 2.23. The standard InChI is InChI=1S/C24H23Cl2N5/c1-16-22(24(28-15-27)29-19-7-3-2-4-8-19)30-31(21-10-6-5-9-20(21)26)23(16)17-11-13-18(25)14-12-17/h5-6,9-14,19H,2-4,7-8H2,1H3,(H,28,29). The first-order valence-electron chi connectivity index (χ1n) is 10.4. The zero-order valence-corrected chi connectivity index (χ0v) is 18.8. The van der Waals surface area contributed by atoms with E-state index in [0.717, 1.165) is 48.2 Å². The summed E-state index contributed by atoms with van der Waals surface area (Å²) < 4.78 is 1.83. The Balaban J connectivity index is 1.90. The molecule has 7 heteroatoms. The number of nitrogens with one attached hydrogen (secondary N) is 1. The lowest BCUT2D eigenvalue weighted by molar-refractivity contribution is 0.443. The molecular formula is C24H23Cl2N5.